The van der Waals surface area contributed by atoms with Crippen molar-refractivity contribution in [1.82, 2.24) is 0 Å². The molecule has 0 fully saturated rings. The second-order valence-electron chi connectivity index (χ2n) is 4.95. The third kappa shape index (κ3) is 4.79. The summed E-state index contributed by atoms with van der Waals surface area (Å²) >= 11 is 5.91. The molecule has 0 saturated carbocycles. The molecule has 25 heavy (non-hydrogen) atoms. The van der Waals surface area contributed by atoms with Gasteiger partial charge in [0.1, 0.15) is 6.61 Å². The van der Waals surface area contributed by atoms with Crippen molar-refractivity contribution in [2.75, 3.05) is 7.11 Å². The fourth-order valence-corrected chi connectivity index (χ4v) is 2.70. The van der Waals surface area contributed by atoms with Crippen LogP contribution in [0.25, 0.3) is 0 Å². The van der Waals surface area contributed by atoms with Crippen molar-refractivity contribution in [3.63, 3.8) is 0 Å². The fraction of sp³-hybridized carbons (Fsp3) is 0.125. The first-order valence-corrected chi connectivity index (χ1v) is 8.81. The molecule has 0 atom stereocenters. The summed E-state index contributed by atoms with van der Waals surface area (Å²) < 4.78 is 32.5. The van der Waals surface area contributed by atoms with Crippen molar-refractivity contribution in [2.45, 2.75) is 11.5 Å². The Morgan fingerprint density at radius 3 is 2.48 bits per heavy atom. The number of halogens is 1. The quantitative estimate of drug-likeness (QED) is 0.791. The minimum Gasteiger partial charge on any atom is -0.465 e. The van der Waals surface area contributed by atoms with Crippen LogP contribution in [0.2, 0.25) is 5.02 Å². The van der Waals surface area contributed by atoms with Crippen LogP contribution in [0.1, 0.15) is 26.3 Å². The Morgan fingerprint density at radius 1 is 1.12 bits per heavy atom. The maximum atomic E-state index is 12.2. The predicted molar refractivity (Wildman–Crippen MR) is 89.7 cm³/mol. The van der Waals surface area contributed by atoms with E-state index in [0.29, 0.717) is 11.1 Å². The van der Waals surface area contributed by atoms with Crippen LogP contribution < -0.4 is 5.14 Å². The van der Waals surface area contributed by atoms with E-state index >= 15 is 0 Å². The first-order chi connectivity index (χ1) is 11.7. The SMILES string of the molecule is COC(=O)c1cccc(COC(=O)c2cc(S(N)(=O)=O)ccc2Cl)c1. The molecule has 2 rings (SSSR count). The van der Waals surface area contributed by atoms with Crippen LogP contribution in [0.5, 0.6) is 0 Å². The van der Waals surface area contributed by atoms with Crippen molar-refractivity contribution < 1.29 is 27.5 Å². The van der Waals surface area contributed by atoms with Gasteiger partial charge in [0.25, 0.3) is 0 Å². The van der Waals surface area contributed by atoms with Gasteiger partial charge in [-0.3, -0.25) is 0 Å². The van der Waals surface area contributed by atoms with Gasteiger partial charge in [-0.1, -0.05) is 23.7 Å². The van der Waals surface area contributed by atoms with Gasteiger partial charge in [-0.05, 0) is 35.9 Å². The van der Waals surface area contributed by atoms with Gasteiger partial charge in [-0.15, -0.1) is 0 Å². The van der Waals surface area contributed by atoms with Crippen LogP contribution in [-0.2, 0) is 26.1 Å². The Morgan fingerprint density at radius 2 is 1.84 bits per heavy atom. The van der Waals surface area contributed by atoms with Crippen molar-refractivity contribution in [2.24, 2.45) is 5.14 Å². The Bertz CT molecular complexity index is 926. The number of nitrogens with two attached hydrogens (primary N) is 1. The molecule has 2 aromatic rings. The van der Waals surface area contributed by atoms with E-state index in [-0.39, 0.29) is 22.1 Å². The van der Waals surface area contributed by atoms with Crippen molar-refractivity contribution in [3.05, 3.63) is 64.2 Å². The summed E-state index contributed by atoms with van der Waals surface area (Å²) in [7, 11) is -2.72. The summed E-state index contributed by atoms with van der Waals surface area (Å²) in [5.41, 5.74) is 0.734. The molecule has 9 heteroatoms. The number of hydrogen-bond donors (Lipinski definition) is 1. The summed E-state index contributed by atoms with van der Waals surface area (Å²) in [6.45, 7) is -0.139. The van der Waals surface area contributed by atoms with E-state index < -0.39 is 22.0 Å². The summed E-state index contributed by atoms with van der Waals surface area (Å²) in [4.78, 5) is 23.4. The van der Waals surface area contributed by atoms with Crippen LogP contribution in [0.15, 0.2) is 47.4 Å². The number of esters is 2. The number of rotatable bonds is 5. The molecular formula is C16H14ClNO6S. The predicted octanol–water partition coefficient (Wildman–Crippen LogP) is 2.13. The molecule has 0 amide bonds. The van der Waals surface area contributed by atoms with Crippen molar-refractivity contribution in [3.8, 4) is 0 Å². The van der Waals surface area contributed by atoms with Gasteiger partial charge in [0.2, 0.25) is 10.0 Å². The van der Waals surface area contributed by atoms with Crippen LogP contribution in [0, 0.1) is 0 Å². The number of ether oxygens (including phenoxy) is 2. The molecule has 7 nitrogen and oxygen atoms in total. The maximum absolute atomic E-state index is 12.2. The number of methoxy groups -OCH3 is 1. The molecule has 0 aliphatic rings. The molecule has 0 heterocycles. The average Bonchev–Trinajstić information content (AvgIpc) is 2.58. The van der Waals surface area contributed by atoms with E-state index in [1.807, 2.05) is 0 Å². The minimum absolute atomic E-state index is 0.0284. The number of carbonyl (C=O) groups is 2. The minimum atomic E-state index is -3.98. The second kappa shape index (κ2) is 7.64. The average molecular weight is 384 g/mol. The number of primary sulfonamides is 1. The lowest BCUT2D eigenvalue weighted by molar-refractivity contribution is 0.0472. The van der Waals surface area contributed by atoms with Crippen LogP contribution in [0.4, 0.5) is 0 Å². The topological polar surface area (TPSA) is 113 Å². The highest BCUT2D eigenvalue weighted by Gasteiger charge is 2.17. The molecule has 0 unspecified atom stereocenters. The third-order valence-electron chi connectivity index (χ3n) is 3.20. The molecule has 0 bridgehead atoms. The van der Waals surface area contributed by atoms with E-state index in [2.05, 4.69) is 4.74 Å². The molecule has 0 saturated heterocycles. The van der Waals surface area contributed by atoms with E-state index in [1.54, 1.807) is 18.2 Å². The molecule has 0 aromatic heterocycles. The maximum Gasteiger partial charge on any atom is 0.340 e. The Balaban J connectivity index is 2.17. The number of hydrogen-bond acceptors (Lipinski definition) is 6. The molecule has 0 aliphatic carbocycles. The van der Waals surface area contributed by atoms with E-state index in [9.17, 15) is 18.0 Å². The molecule has 0 aliphatic heterocycles. The zero-order valence-electron chi connectivity index (χ0n) is 13.1. The van der Waals surface area contributed by atoms with Gasteiger partial charge in [0, 0.05) is 0 Å². The molecule has 0 spiro atoms. The Hall–Kier alpha value is -2.42. The monoisotopic (exact) mass is 383 g/mol. The van der Waals surface area contributed by atoms with Gasteiger partial charge in [-0.2, -0.15) is 0 Å². The zero-order valence-corrected chi connectivity index (χ0v) is 14.6. The van der Waals surface area contributed by atoms with Gasteiger partial charge in [0.15, 0.2) is 0 Å². The Labute approximate surface area is 149 Å². The first kappa shape index (κ1) is 18.9. The summed E-state index contributed by atoms with van der Waals surface area (Å²) in [6, 6.07) is 9.83. The molecule has 132 valence electrons. The lowest BCUT2D eigenvalue weighted by atomic mass is 10.1. The fourth-order valence-electron chi connectivity index (χ4n) is 1.97. The van der Waals surface area contributed by atoms with E-state index in [4.69, 9.17) is 21.5 Å². The first-order valence-electron chi connectivity index (χ1n) is 6.89. The lowest BCUT2D eigenvalue weighted by Gasteiger charge is -2.08. The van der Waals surface area contributed by atoms with Crippen LogP contribution in [-0.4, -0.2) is 27.5 Å². The second-order valence-corrected chi connectivity index (χ2v) is 6.92. The third-order valence-corrected chi connectivity index (χ3v) is 4.44. The summed E-state index contributed by atoms with van der Waals surface area (Å²) in [5, 5.41) is 5.06. The zero-order chi connectivity index (χ0) is 18.6. The molecule has 2 aromatic carbocycles. The van der Waals surface area contributed by atoms with Crippen molar-refractivity contribution in [1.29, 1.82) is 0 Å². The number of benzene rings is 2. The largest absolute Gasteiger partial charge is 0.465 e. The summed E-state index contributed by atoms with van der Waals surface area (Å²) in [5.74, 6) is -1.34. The summed E-state index contributed by atoms with van der Waals surface area (Å²) in [6.07, 6.45) is 0. The van der Waals surface area contributed by atoms with E-state index in [1.165, 1.54) is 25.3 Å². The number of sulfonamides is 1. The van der Waals surface area contributed by atoms with Gasteiger partial charge in [-0.25, -0.2) is 23.1 Å². The highest BCUT2D eigenvalue weighted by atomic mass is 35.5. The Kier molecular flexibility index (Phi) is 5.78. The lowest BCUT2D eigenvalue weighted by Crippen LogP contribution is -2.14. The molecular weight excluding hydrogens is 370 g/mol. The molecule has 2 N–H and O–H groups in total. The standard InChI is InChI=1S/C16H14ClNO6S/c1-23-15(19)11-4-2-3-10(7-11)9-24-16(20)13-8-12(25(18,21)22)5-6-14(13)17/h2-8H,9H2,1H3,(H2,18,21,22). The van der Waals surface area contributed by atoms with Crippen molar-refractivity contribution >= 4 is 33.6 Å². The number of carbonyl (C=O) groups excluding carboxylic acids is 2. The van der Waals surface area contributed by atoms with Gasteiger partial charge < -0.3 is 9.47 Å². The highest BCUT2D eigenvalue weighted by Crippen LogP contribution is 2.21. The van der Waals surface area contributed by atoms with Gasteiger partial charge in [0.05, 0.1) is 28.2 Å². The molecule has 0 radical (unpaired) electrons. The van der Waals surface area contributed by atoms with E-state index in [0.717, 1.165) is 6.07 Å². The van der Waals surface area contributed by atoms with Gasteiger partial charge >= 0.3 is 11.9 Å². The normalized spacial score (nSPS) is 11.0. The smallest absolute Gasteiger partial charge is 0.340 e. The highest BCUT2D eigenvalue weighted by molar-refractivity contribution is 7.89. The van der Waals surface area contributed by atoms with Crippen LogP contribution >= 0.6 is 11.6 Å². The van der Waals surface area contributed by atoms with Crippen LogP contribution in [0.3, 0.4) is 0 Å².